The smallest absolute Gasteiger partial charge is 0.242 e. The average molecular weight is 363 g/mol. The minimum atomic E-state index is -3.85. The van der Waals surface area contributed by atoms with Crippen LogP contribution in [-0.4, -0.2) is 48.8 Å². The third kappa shape index (κ3) is 4.56. The van der Waals surface area contributed by atoms with Gasteiger partial charge in [-0.1, -0.05) is 0 Å². The Hall–Kier alpha value is -1.36. The fourth-order valence-corrected chi connectivity index (χ4v) is 4.35. The zero-order chi connectivity index (χ0) is 17.1. The lowest BCUT2D eigenvalue weighted by atomic mass is 10.3. The maximum Gasteiger partial charge on any atom is 0.242 e. The number of hydrogen-bond acceptors (Lipinski definition) is 6. The van der Waals surface area contributed by atoms with Crippen molar-refractivity contribution in [3.05, 3.63) is 18.2 Å². The van der Waals surface area contributed by atoms with Crippen molar-refractivity contribution in [1.82, 2.24) is 10.0 Å². The van der Waals surface area contributed by atoms with Gasteiger partial charge in [-0.05, 0) is 32.0 Å². The van der Waals surface area contributed by atoms with E-state index in [-0.39, 0.29) is 22.4 Å². The summed E-state index contributed by atoms with van der Waals surface area (Å²) < 4.78 is 58.7. The number of ether oxygens (including phenoxy) is 1. The number of sulfonamides is 2. The van der Waals surface area contributed by atoms with Crippen LogP contribution >= 0.6 is 0 Å². The number of anilines is 1. The van der Waals surface area contributed by atoms with Crippen molar-refractivity contribution in [2.75, 3.05) is 30.7 Å². The van der Waals surface area contributed by atoms with Crippen LogP contribution < -0.4 is 19.5 Å². The first kappa shape index (κ1) is 18.0. The van der Waals surface area contributed by atoms with Crippen molar-refractivity contribution in [1.29, 1.82) is 0 Å². The number of hydrogen-bond donors (Lipinski definition) is 3. The normalized spacial score (nSPS) is 18.8. The molecule has 1 saturated heterocycles. The zero-order valence-corrected chi connectivity index (χ0v) is 14.6. The first-order chi connectivity index (χ1) is 10.8. The van der Waals surface area contributed by atoms with E-state index in [1.54, 1.807) is 0 Å². The molecule has 1 aromatic carbocycles. The van der Waals surface area contributed by atoms with Crippen molar-refractivity contribution in [3.63, 3.8) is 0 Å². The summed E-state index contributed by atoms with van der Waals surface area (Å²) in [6, 6.07) is 3.95. The molecule has 1 unspecified atom stereocenters. The summed E-state index contributed by atoms with van der Waals surface area (Å²) in [5.41, 5.74) is -0.0235. The van der Waals surface area contributed by atoms with Crippen molar-refractivity contribution in [2.24, 2.45) is 0 Å². The molecule has 0 amide bonds. The van der Waals surface area contributed by atoms with Crippen molar-refractivity contribution < 1.29 is 21.6 Å². The maximum atomic E-state index is 12.6. The van der Waals surface area contributed by atoms with Crippen molar-refractivity contribution in [2.45, 2.75) is 24.3 Å². The molecule has 3 N–H and O–H groups in total. The quantitative estimate of drug-likeness (QED) is 0.633. The van der Waals surface area contributed by atoms with Crippen LogP contribution in [0.1, 0.15) is 13.3 Å². The molecule has 10 heteroatoms. The van der Waals surface area contributed by atoms with E-state index in [1.165, 1.54) is 32.2 Å². The Bertz CT molecular complexity index is 756. The van der Waals surface area contributed by atoms with E-state index in [4.69, 9.17) is 4.74 Å². The Morgan fingerprint density at radius 1 is 1.30 bits per heavy atom. The van der Waals surface area contributed by atoms with Crippen LogP contribution in [0, 0.1) is 0 Å². The summed E-state index contributed by atoms with van der Waals surface area (Å²) in [6.45, 7) is 2.76. The number of benzene rings is 1. The summed E-state index contributed by atoms with van der Waals surface area (Å²) in [4.78, 5) is -0.123. The topological polar surface area (TPSA) is 114 Å². The van der Waals surface area contributed by atoms with Gasteiger partial charge in [-0.25, -0.2) is 21.6 Å². The molecule has 1 aromatic rings. The van der Waals surface area contributed by atoms with Crippen LogP contribution in [0.5, 0.6) is 5.75 Å². The Labute approximate surface area is 136 Å². The van der Waals surface area contributed by atoms with Gasteiger partial charge in [-0.15, -0.1) is 0 Å². The molecule has 1 heterocycles. The van der Waals surface area contributed by atoms with E-state index in [0.29, 0.717) is 18.7 Å². The summed E-state index contributed by atoms with van der Waals surface area (Å²) in [5.74, 6) is 0.198. The average Bonchev–Trinajstić information content (AvgIpc) is 2.98. The first-order valence-corrected chi connectivity index (χ1v) is 10.3. The lowest BCUT2D eigenvalue weighted by Gasteiger charge is -2.16. The maximum absolute atomic E-state index is 12.6. The van der Waals surface area contributed by atoms with Gasteiger partial charge in [0, 0.05) is 18.7 Å². The highest BCUT2D eigenvalue weighted by Gasteiger charge is 2.26. The van der Waals surface area contributed by atoms with Crippen LogP contribution in [-0.2, 0) is 20.0 Å². The van der Waals surface area contributed by atoms with Crippen LogP contribution in [0.3, 0.4) is 0 Å². The molecule has 0 bridgehead atoms. The second-order valence-electron chi connectivity index (χ2n) is 5.18. The second-order valence-corrected chi connectivity index (χ2v) is 8.87. The van der Waals surface area contributed by atoms with Crippen molar-refractivity contribution in [3.8, 4) is 5.75 Å². The Kier molecular flexibility index (Phi) is 5.50. The molecule has 2 rings (SSSR count). The van der Waals surface area contributed by atoms with Crippen LogP contribution in [0.25, 0.3) is 0 Å². The van der Waals surface area contributed by atoms with E-state index >= 15 is 0 Å². The van der Waals surface area contributed by atoms with Gasteiger partial charge in [0.2, 0.25) is 20.0 Å². The van der Waals surface area contributed by atoms with Gasteiger partial charge in [-0.2, -0.15) is 0 Å². The molecule has 0 radical (unpaired) electrons. The van der Waals surface area contributed by atoms with E-state index < -0.39 is 20.0 Å². The predicted octanol–water partition coefficient (Wildman–Crippen LogP) is 0.0970. The van der Waals surface area contributed by atoms with Crippen LogP contribution in [0.2, 0.25) is 0 Å². The molecule has 0 saturated carbocycles. The van der Waals surface area contributed by atoms with Crippen molar-refractivity contribution >= 4 is 25.7 Å². The third-order valence-corrected chi connectivity index (χ3v) is 6.37. The zero-order valence-electron chi connectivity index (χ0n) is 13.0. The van der Waals surface area contributed by atoms with Gasteiger partial charge in [0.05, 0.1) is 18.6 Å². The Balaban J connectivity index is 2.39. The van der Waals surface area contributed by atoms with Gasteiger partial charge in [0.25, 0.3) is 0 Å². The molecular weight excluding hydrogens is 342 g/mol. The van der Waals surface area contributed by atoms with E-state index in [0.717, 1.165) is 6.54 Å². The minimum Gasteiger partial charge on any atom is -0.497 e. The lowest BCUT2D eigenvalue weighted by Crippen LogP contribution is -2.36. The first-order valence-electron chi connectivity index (χ1n) is 7.19. The van der Waals surface area contributed by atoms with Gasteiger partial charge < -0.3 is 10.1 Å². The SMILES string of the molecule is CCS(=O)(=O)Nc1cc(OC)ccc1S(=O)(=O)NC1CCNC1. The highest BCUT2D eigenvalue weighted by molar-refractivity contribution is 7.93. The molecule has 1 fully saturated rings. The number of nitrogens with one attached hydrogen (secondary N) is 3. The van der Waals surface area contributed by atoms with Gasteiger partial charge >= 0.3 is 0 Å². The Morgan fingerprint density at radius 3 is 2.61 bits per heavy atom. The molecule has 130 valence electrons. The summed E-state index contributed by atoms with van der Waals surface area (Å²) in [6.07, 6.45) is 0.686. The third-order valence-electron chi connectivity index (χ3n) is 3.50. The van der Waals surface area contributed by atoms with Gasteiger partial charge in [0.1, 0.15) is 10.6 Å². The molecule has 1 aliphatic rings. The fourth-order valence-electron chi connectivity index (χ4n) is 2.23. The lowest BCUT2D eigenvalue weighted by molar-refractivity contribution is 0.414. The summed E-state index contributed by atoms with van der Waals surface area (Å²) >= 11 is 0. The predicted molar refractivity (Wildman–Crippen MR) is 87.7 cm³/mol. The Morgan fingerprint density at radius 2 is 2.04 bits per heavy atom. The van der Waals surface area contributed by atoms with Crippen LogP contribution in [0.15, 0.2) is 23.1 Å². The summed E-state index contributed by atoms with van der Waals surface area (Å²) in [5, 5.41) is 3.07. The van der Waals surface area contributed by atoms with E-state index in [2.05, 4.69) is 14.8 Å². The van der Waals surface area contributed by atoms with E-state index in [1.807, 2.05) is 0 Å². The largest absolute Gasteiger partial charge is 0.497 e. The molecule has 0 aliphatic carbocycles. The number of rotatable bonds is 7. The fraction of sp³-hybridized carbons (Fsp3) is 0.538. The molecular formula is C13H21N3O5S2. The van der Waals surface area contributed by atoms with Gasteiger partial charge in [-0.3, -0.25) is 4.72 Å². The molecule has 0 spiro atoms. The minimum absolute atomic E-state index is 0.0235. The second kappa shape index (κ2) is 7.04. The molecule has 8 nitrogen and oxygen atoms in total. The highest BCUT2D eigenvalue weighted by Crippen LogP contribution is 2.27. The number of methoxy groups -OCH3 is 1. The molecule has 23 heavy (non-hydrogen) atoms. The molecule has 1 atom stereocenters. The monoisotopic (exact) mass is 363 g/mol. The summed E-state index contributed by atoms with van der Waals surface area (Å²) in [7, 11) is -6.05. The van der Waals surface area contributed by atoms with Crippen LogP contribution in [0.4, 0.5) is 5.69 Å². The standard InChI is InChI=1S/C13H21N3O5S2/c1-3-22(17,18)16-12-8-11(21-2)4-5-13(12)23(19,20)15-10-6-7-14-9-10/h4-5,8,10,14-16H,3,6-7,9H2,1-2H3. The van der Waals surface area contributed by atoms with Gasteiger partial charge in [0.15, 0.2) is 0 Å². The highest BCUT2D eigenvalue weighted by atomic mass is 32.2. The van der Waals surface area contributed by atoms with E-state index in [9.17, 15) is 16.8 Å². The molecule has 1 aliphatic heterocycles. The molecule has 0 aromatic heterocycles.